The molecule has 0 N–H and O–H groups in total. The number of hydrogen-bond donors (Lipinski definition) is 0. The molecule has 0 saturated carbocycles. The predicted molar refractivity (Wildman–Crippen MR) is 106 cm³/mol. The van der Waals surface area contributed by atoms with E-state index in [1.54, 1.807) is 30.0 Å². The molecule has 1 aromatic rings. The van der Waals surface area contributed by atoms with Crippen molar-refractivity contribution in [3.8, 4) is 0 Å². The first-order chi connectivity index (χ1) is 12.4. The van der Waals surface area contributed by atoms with Crippen LogP contribution in [0.25, 0.3) is 5.76 Å². The first kappa shape index (κ1) is 21.8. The highest BCUT2D eigenvalue weighted by Gasteiger charge is 2.40. The van der Waals surface area contributed by atoms with E-state index in [4.69, 9.17) is 9.16 Å². The van der Waals surface area contributed by atoms with Crippen LogP contribution >= 0.6 is 0 Å². The normalized spacial score (nSPS) is 17.2. The second kappa shape index (κ2) is 7.87. The van der Waals surface area contributed by atoms with Crippen molar-refractivity contribution in [1.29, 1.82) is 0 Å². The number of allylic oxidation sites excluding steroid dienone is 1. The summed E-state index contributed by atoms with van der Waals surface area (Å²) in [5.74, 6) is 0.514. The number of alkyl halides is 3. The third kappa shape index (κ3) is 5.07. The molecule has 0 unspecified atom stereocenters. The highest BCUT2D eigenvalue weighted by Crippen LogP contribution is 2.42. The molecular formula is C20H30F3NO2Si. The average molecular weight is 402 g/mol. The number of anilines is 1. The van der Waals surface area contributed by atoms with E-state index in [1.807, 2.05) is 0 Å². The topological polar surface area (TPSA) is 21.7 Å². The molecular weight excluding hydrogens is 371 g/mol. The van der Waals surface area contributed by atoms with Crippen molar-refractivity contribution in [3.63, 3.8) is 0 Å². The molecule has 3 nitrogen and oxygen atoms in total. The highest BCUT2D eigenvalue weighted by atomic mass is 28.4. The number of halogens is 3. The van der Waals surface area contributed by atoms with Gasteiger partial charge in [0.25, 0.3) is 0 Å². The van der Waals surface area contributed by atoms with Gasteiger partial charge in [-0.15, -0.1) is 0 Å². The molecule has 7 heteroatoms. The van der Waals surface area contributed by atoms with Gasteiger partial charge in [-0.1, -0.05) is 20.8 Å². The Labute approximate surface area is 161 Å². The SMILES string of the molecule is C/C=C(/O[Si](C)(C)C(C)(C)C)c1ccc(N2CCOCC2)c(C(F)(F)F)c1. The van der Waals surface area contributed by atoms with E-state index in [2.05, 4.69) is 33.9 Å². The molecule has 0 spiro atoms. The first-order valence-electron chi connectivity index (χ1n) is 9.26. The van der Waals surface area contributed by atoms with Crippen molar-refractivity contribution in [2.45, 2.75) is 52.0 Å². The first-order valence-corrected chi connectivity index (χ1v) is 12.2. The quantitative estimate of drug-likeness (QED) is 0.461. The summed E-state index contributed by atoms with van der Waals surface area (Å²) in [5, 5.41) is -0.0398. The summed E-state index contributed by atoms with van der Waals surface area (Å²) < 4.78 is 52.9. The Morgan fingerprint density at radius 3 is 2.22 bits per heavy atom. The van der Waals surface area contributed by atoms with E-state index in [0.717, 1.165) is 0 Å². The van der Waals surface area contributed by atoms with Crippen molar-refractivity contribution in [2.24, 2.45) is 0 Å². The molecule has 27 heavy (non-hydrogen) atoms. The van der Waals surface area contributed by atoms with Crippen molar-refractivity contribution in [1.82, 2.24) is 0 Å². The van der Waals surface area contributed by atoms with Crippen molar-refractivity contribution in [3.05, 3.63) is 35.4 Å². The Morgan fingerprint density at radius 2 is 1.74 bits per heavy atom. The smallest absolute Gasteiger partial charge is 0.418 e. The standard InChI is InChI=1S/C20H30F3NO2Si/c1-7-18(26-27(5,6)19(2,3)4)15-8-9-17(16(14-15)20(21,22)23)24-10-12-25-13-11-24/h7-9,14H,10-13H2,1-6H3/b18-7+. The van der Waals surface area contributed by atoms with Crippen LogP contribution < -0.4 is 4.90 Å². The summed E-state index contributed by atoms with van der Waals surface area (Å²) in [6.07, 6.45) is -2.68. The Bertz CT molecular complexity index is 687. The van der Waals surface area contributed by atoms with Crippen molar-refractivity contribution in [2.75, 3.05) is 31.2 Å². The summed E-state index contributed by atoms with van der Waals surface area (Å²) >= 11 is 0. The molecule has 1 saturated heterocycles. The van der Waals surface area contributed by atoms with E-state index < -0.39 is 20.1 Å². The molecule has 1 heterocycles. The average Bonchev–Trinajstić information content (AvgIpc) is 2.58. The molecule has 2 rings (SSSR count). The number of rotatable bonds is 4. The summed E-state index contributed by atoms with van der Waals surface area (Å²) in [6.45, 7) is 14.1. The summed E-state index contributed by atoms with van der Waals surface area (Å²) in [7, 11) is -2.16. The lowest BCUT2D eigenvalue weighted by Crippen LogP contribution is -2.40. The third-order valence-electron chi connectivity index (χ3n) is 5.37. The van der Waals surface area contributed by atoms with Crippen molar-refractivity contribution < 1.29 is 22.3 Å². The van der Waals surface area contributed by atoms with Gasteiger partial charge < -0.3 is 14.1 Å². The van der Waals surface area contributed by atoms with Crippen LogP contribution in [0.3, 0.4) is 0 Å². The monoisotopic (exact) mass is 401 g/mol. The van der Waals surface area contributed by atoms with Gasteiger partial charge in [0.2, 0.25) is 8.32 Å². The lowest BCUT2D eigenvalue weighted by Gasteiger charge is -2.37. The fourth-order valence-electron chi connectivity index (χ4n) is 2.71. The second-order valence-electron chi connectivity index (χ2n) is 8.34. The molecule has 1 fully saturated rings. The molecule has 0 aromatic heterocycles. The van der Waals surface area contributed by atoms with E-state index in [1.165, 1.54) is 6.07 Å². The molecule has 1 aliphatic heterocycles. The second-order valence-corrected chi connectivity index (χ2v) is 13.1. The molecule has 0 aliphatic carbocycles. The summed E-state index contributed by atoms with van der Waals surface area (Å²) in [5.41, 5.74) is 0.0454. The minimum absolute atomic E-state index is 0.0398. The lowest BCUT2D eigenvalue weighted by atomic mass is 10.0. The van der Waals surface area contributed by atoms with Gasteiger partial charge in [-0.2, -0.15) is 13.2 Å². The Hall–Kier alpha value is -1.47. The number of benzene rings is 1. The van der Waals surface area contributed by atoms with Gasteiger partial charge in [0.15, 0.2) is 0 Å². The maximum atomic E-state index is 13.8. The fraction of sp³-hybridized carbons (Fsp3) is 0.600. The van der Waals surface area contributed by atoms with Gasteiger partial charge >= 0.3 is 6.18 Å². The molecule has 0 radical (unpaired) electrons. The largest absolute Gasteiger partial charge is 0.543 e. The van der Waals surface area contributed by atoms with Gasteiger partial charge in [-0.25, -0.2) is 0 Å². The van der Waals surface area contributed by atoms with Crippen LogP contribution in [0, 0.1) is 0 Å². The maximum absolute atomic E-state index is 13.8. The highest BCUT2D eigenvalue weighted by molar-refractivity contribution is 6.74. The van der Waals surface area contributed by atoms with Crippen LogP contribution in [0.1, 0.15) is 38.8 Å². The Balaban J connectivity index is 2.42. The predicted octanol–water partition coefficient (Wildman–Crippen LogP) is 5.92. The van der Waals surface area contributed by atoms with Crippen LogP contribution in [0.4, 0.5) is 18.9 Å². The number of ether oxygens (including phenoxy) is 1. The zero-order chi connectivity index (χ0) is 20.5. The molecule has 0 amide bonds. The lowest BCUT2D eigenvalue weighted by molar-refractivity contribution is -0.137. The van der Waals surface area contributed by atoms with Crippen LogP contribution in [0.2, 0.25) is 18.1 Å². The van der Waals surface area contributed by atoms with E-state index in [0.29, 0.717) is 37.6 Å². The minimum Gasteiger partial charge on any atom is -0.543 e. The molecule has 152 valence electrons. The van der Waals surface area contributed by atoms with Crippen LogP contribution in [-0.2, 0) is 15.3 Å². The molecule has 0 bridgehead atoms. The van der Waals surface area contributed by atoms with Gasteiger partial charge in [0, 0.05) is 24.3 Å². The van der Waals surface area contributed by atoms with Gasteiger partial charge in [-0.3, -0.25) is 0 Å². The van der Waals surface area contributed by atoms with E-state index in [9.17, 15) is 13.2 Å². The fourth-order valence-corrected chi connectivity index (χ4v) is 3.80. The molecule has 0 atom stereocenters. The van der Waals surface area contributed by atoms with Gasteiger partial charge in [-0.05, 0) is 49.3 Å². The number of nitrogens with zero attached hydrogens (tertiary/aromatic N) is 1. The zero-order valence-electron chi connectivity index (χ0n) is 17.0. The summed E-state index contributed by atoms with van der Waals surface area (Å²) in [6, 6.07) is 4.50. The van der Waals surface area contributed by atoms with Crippen molar-refractivity contribution >= 4 is 19.8 Å². The molecule has 1 aliphatic rings. The minimum atomic E-state index is -4.43. The maximum Gasteiger partial charge on any atom is 0.418 e. The van der Waals surface area contributed by atoms with Crippen LogP contribution in [0.5, 0.6) is 0 Å². The van der Waals surface area contributed by atoms with Crippen LogP contribution in [0.15, 0.2) is 24.3 Å². The third-order valence-corrected chi connectivity index (χ3v) is 9.71. The summed E-state index contributed by atoms with van der Waals surface area (Å²) in [4.78, 5) is 1.74. The van der Waals surface area contributed by atoms with Crippen LogP contribution in [-0.4, -0.2) is 34.6 Å². The van der Waals surface area contributed by atoms with E-state index >= 15 is 0 Å². The number of morpholine rings is 1. The Kier molecular flexibility index (Phi) is 6.36. The van der Waals surface area contributed by atoms with Gasteiger partial charge in [0.05, 0.1) is 18.8 Å². The Morgan fingerprint density at radius 1 is 1.15 bits per heavy atom. The van der Waals surface area contributed by atoms with Gasteiger partial charge in [0.1, 0.15) is 5.76 Å². The van der Waals surface area contributed by atoms with E-state index in [-0.39, 0.29) is 10.7 Å². The zero-order valence-corrected chi connectivity index (χ0v) is 18.0. The molecule has 1 aromatic carbocycles. The number of hydrogen-bond acceptors (Lipinski definition) is 3.